The van der Waals surface area contributed by atoms with Gasteiger partial charge in [0.05, 0.1) is 16.7 Å². The molecule has 0 aromatic heterocycles. The van der Waals surface area contributed by atoms with Crippen molar-refractivity contribution in [3.63, 3.8) is 0 Å². The Bertz CT molecular complexity index is 525. The van der Waals surface area contributed by atoms with Gasteiger partial charge in [-0.2, -0.15) is 0 Å². The minimum atomic E-state index is -0.572. The van der Waals surface area contributed by atoms with Crippen LogP contribution in [-0.4, -0.2) is 30.1 Å². The van der Waals surface area contributed by atoms with Gasteiger partial charge in [-0.15, -0.1) is 0 Å². The van der Waals surface area contributed by atoms with Crippen molar-refractivity contribution in [3.8, 4) is 0 Å². The van der Waals surface area contributed by atoms with Crippen LogP contribution in [0.2, 0.25) is 0 Å². The number of hydrogen-bond acceptors (Lipinski definition) is 4. The van der Waals surface area contributed by atoms with Crippen molar-refractivity contribution in [1.29, 1.82) is 0 Å². The van der Waals surface area contributed by atoms with Gasteiger partial charge in [-0.05, 0) is 31.7 Å². The molecule has 2 unspecified atom stereocenters. The molecule has 1 aromatic rings. The molecule has 0 amide bonds. The SMILES string of the molecule is CN(c1ccc([N+](=O)[O-])cc1F)C1CC2CCC(C1)N2. The highest BCUT2D eigenvalue weighted by Crippen LogP contribution is 2.33. The lowest BCUT2D eigenvalue weighted by Gasteiger charge is -2.37. The number of halogens is 1. The van der Waals surface area contributed by atoms with Crippen LogP contribution in [0, 0.1) is 15.9 Å². The molecule has 6 heteroatoms. The summed E-state index contributed by atoms with van der Waals surface area (Å²) in [5, 5.41) is 14.2. The number of nitrogens with one attached hydrogen (secondary N) is 1. The van der Waals surface area contributed by atoms with E-state index in [1.807, 2.05) is 11.9 Å². The van der Waals surface area contributed by atoms with Gasteiger partial charge in [0.2, 0.25) is 0 Å². The first-order valence-electron chi connectivity index (χ1n) is 6.97. The molecule has 2 fully saturated rings. The number of piperidine rings is 1. The predicted octanol–water partition coefficient (Wildman–Crippen LogP) is 2.45. The molecule has 2 heterocycles. The second kappa shape index (κ2) is 5.01. The molecule has 0 spiro atoms. The molecule has 1 N–H and O–H groups in total. The number of rotatable bonds is 3. The molecule has 5 nitrogen and oxygen atoms in total. The Morgan fingerprint density at radius 3 is 2.55 bits per heavy atom. The van der Waals surface area contributed by atoms with Gasteiger partial charge in [-0.3, -0.25) is 10.1 Å². The van der Waals surface area contributed by atoms with Crippen molar-refractivity contribution < 1.29 is 9.31 Å². The topological polar surface area (TPSA) is 58.4 Å². The maximum Gasteiger partial charge on any atom is 0.272 e. The summed E-state index contributed by atoms with van der Waals surface area (Å²) in [6.07, 6.45) is 4.39. The fourth-order valence-corrected chi connectivity index (χ4v) is 3.44. The van der Waals surface area contributed by atoms with Gasteiger partial charge in [0, 0.05) is 31.2 Å². The lowest BCUT2D eigenvalue weighted by atomic mass is 9.98. The number of hydrogen-bond donors (Lipinski definition) is 1. The number of non-ortho nitro benzene ring substituents is 1. The minimum absolute atomic E-state index is 0.204. The van der Waals surface area contributed by atoms with Crippen LogP contribution in [0.1, 0.15) is 25.7 Å². The normalized spacial score (nSPS) is 28.4. The van der Waals surface area contributed by atoms with Crippen LogP contribution in [-0.2, 0) is 0 Å². The summed E-state index contributed by atoms with van der Waals surface area (Å²) in [5.74, 6) is -0.521. The lowest BCUT2D eigenvalue weighted by molar-refractivity contribution is -0.385. The Labute approximate surface area is 116 Å². The number of anilines is 1. The van der Waals surface area contributed by atoms with Gasteiger partial charge < -0.3 is 10.2 Å². The Balaban J connectivity index is 1.80. The molecule has 0 saturated carbocycles. The number of nitro benzene ring substituents is 1. The van der Waals surface area contributed by atoms with E-state index in [2.05, 4.69) is 5.32 Å². The number of nitro groups is 1. The van der Waals surface area contributed by atoms with Gasteiger partial charge in [0.25, 0.3) is 5.69 Å². The zero-order valence-electron chi connectivity index (χ0n) is 11.4. The number of nitrogens with zero attached hydrogens (tertiary/aromatic N) is 2. The smallest absolute Gasteiger partial charge is 0.272 e. The molecule has 2 saturated heterocycles. The minimum Gasteiger partial charge on any atom is -0.369 e. The van der Waals surface area contributed by atoms with Crippen molar-refractivity contribution in [2.24, 2.45) is 0 Å². The van der Waals surface area contributed by atoms with E-state index >= 15 is 0 Å². The Morgan fingerprint density at radius 2 is 2.00 bits per heavy atom. The third-order valence-corrected chi connectivity index (χ3v) is 4.52. The van der Waals surface area contributed by atoms with E-state index in [0.29, 0.717) is 23.8 Å². The first-order valence-corrected chi connectivity index (χ1v) is 6.97. The molecule has 2 atom stereocenters. The van der Waals surface area contributed by atoms with Gasteiger partial charge in [-0.25, -0.2) is 4.39 Å². The van der Waals surface area contributed by atoms with Crippen LogP contribution in [0.15, 0.2) is 18.2 Å². The number of fused-ring (bicyclic) bond motifs is 2. The van der Waals surface area contributed by atoms with Crippen molar-refractivity contribution in [1.82, 2.24) is 5.32 Å². The summed E-state index contributed by atoms with van der Waals surface area (Å²) in [5.41, 5.74) is 0.243. The van der Waals surface area contributed by atoms with Crippen LogP contribution in [0.4, 0.5) is 15.8 Å². The standard InChI is InChI=1S/C14H18FN3O2/c1-17(12-6-9-2-3-10(7-12)16-9)14-5-4-11(18(19)20)8-13(14)15/h4-5,8-10,12,16H,2-3,6-7H2,1H3. The monoisotopic (exact) mass is 279 g/mol. The predicted molar refractivity (Wildman–Crippen MR) is 74.4 cm³/mol. The number of benzene rings is 1. The third-order valence-electron chi connectivity index (χ3n) is 4.52. The van der Waals surface area contributed by atoms with Crippen molar-refractivity contribution >= 4 is 11.4 Å². The van der Waals surface area contributed by atoms with Crippen molar-refractivity contribution in [3.05, 3.63) is 34.1 Å². The molecule has 2 bridgehead atoms. The lowest BCUT2D eigenvalue weighted by Crippen LogP contribution is -2.47. The van der Waals surface area contributed by atoms with Gasteiger partial charge in [0.1, 0.15) is 0 Å². The van der Waals surface area contributed by atoms with Gasteiger partial charge >= 0.3 is 0 Å². The van der Waals surface area contributed by atoms with Crippen LogP contribution in [0.25, 0.3) is 0 Å². The Hall–Kier alpha value is -1.69. The molecule has 20 heavy (non-hydrogen) atoms. The molecule has 2 aliphatic rings. The summed E-state index contributed by atoms with van der Waals surface area (Å²) in [7, 11) is 1.87. The second-order valence-corrected chi connectivity index (χ2v) is 5.77. The fourth-order valence-electron chi connectivity index (χ4n) is 3.44. The summed E-state index contributed by atoms with van der Waals surface area (Å²) in [4.78, 5) is 12.0. The molecule has 0 radical (unpaired) electrons. The summed E-state index contributed by atoms with van der Waals surface area (Å²) < 4.78 is 14.1. The molecule has 3 rings (SSSR count). The van der Waals surface area contributed by atoms with Crippen LogP contribution < -0.4 is 10.2 Å². The maximum atomic E-state index is 14.1. The largest absolute Gasteiger partial charge is 0.369 e. The van der Waals surface area contributed by atoms with Crippen molar-refractivity contribution in [2.75, 3.05) is 11.9 Å². The fraction of sp³-hybridized carbons (Fsp3) is 0.571. The highest BCUT2D eigenvalue weighted by molar-refractivity contribution is 5.52. The average Bonchev–Trinajstić information content (AvgIpc) is 2.76. The highest BCUT2D eigenvalue weighted by atomic mass is 19.1. The summed E-state index contributed by atoms with van der Waals surface area (Å²) in [6.45, 7) is 0. The molecular formula is C14H18FN3O2. The molecule has 2 aliphatic heterocycles. The van der Waals surface area contributed by atoms with E-state index in [4.69, 9.17) is 0 Å². The highest BCUT2D eigenvalue weighted by Gasteiger charge is 2.35. The van der Waals surface area contributed by atoms with Crippen LogP contribution in [0.3, 0.4) is 0 Å². The van der Waals surface area contributed by atoms with Crippen molar-refractivity contribution in [2.45, 2.75) is 43.8 Å². The third kappa shape index (κ3) is 2.35. The maximum absolute atomic E-state index is 14.1. The average molecular weight is 279 g/mol. The van der Waals surface area contributed by atoms with Crippen LogP contribution >= 0.6 is 0 Å². The zero-order chi connectivity index (χ0) is 14.3. The summed E-state index contributed by atoms with van der Waals surface area (Å²) >= 11 is 0. The van der Waals surface area contributed by atoms with E-state index < -0.39 is 10.7 Å². The van der Waals surface area contributed by atoms with E-state index in [0.717, 1.165) is 18.9 Å². The quantitative estimate of drug-likeness (QED) is 0.682. The first kappa shape index (κ1) is 13.3. The van der Waals surface area contributed by atoms with E-state index in [1.165, 1.54) is 25.0 Å². The van der Waals surface area contributed by atoms with E-state index in [-0.39, 0.29) is 5.69 Å². The van der Waals surface area contributed by atoms with E-state index in [1.54, 1.807) is 0 Å². The molecule has 108 valence electrons. The zero-order valence-corrected chi connectivity index (χ0v) is 11.4. The second-order valence-electron chi connectivity index (χ2n) is 5.77. The molecule has 0 aliphatic carbocycles. The van der Waals surface area contributed by atoms with Gasteiger partial charge in [-0.1, -0.05) is 0 Å². The summed E-state index contributed by atoms with van der Waals surface area (Å²) in [6, 6.07) is 5.23. The van der Waals surface area contributed by atoms with Crippen LogP contribution in [0.5, 0.6) is 0 Å². The Kier molecular flexibility index (Phi) is 3.33. The van der Waals surface area contributed by atoms with Gasteiger partial charge in [0.15, 0.2) is 5.82 Å². The molecule has 1 aromatic carbocycles. The first-order chi connectivity index (χ1) is 9.54. The van der Waals surface area contributed by atoms with E-state index in [9.17, 15) is 14.5 Å². The Morgan fingerprint density at radius 1 is 1.35 bits per heavy atom. The molecular weight excluding hydrogens is 261 g/mol.